The van der Waals surface area contributed by atoms with Gasteiger partial charge in [0.25, 0.3) is 0 Å². The van der Waals surface area contributed by atoms with Crippen LogP contribution in [0.15, 0.2) is 0 Å². The Kier molecular flexibility index (Phi) is 5.99. The van der Waals surface area contributed by atoms with E-state index in [-0.39, 0.29) is 11.8 Å². The van der Waals surface area contributed by atoms with Crippen LogP contribution in [0, 0.1) is 17.3 Å². The van der Waals surface area contributed by atoms with Crippen molar-refractivity contribution >= 4 is 11.9 Å². The average molecular weight is 284 g/mol. The second-order valence-corrected chi connectivity index (χ2v) is 6.44. The van der Waals surface area contributed by atoms with Gasteiger partial charge in [0, 0.05) is 19.5 Å². The highest BCUT2D eigenvalue weighted by atomic mass is 16.4. The van der Waals surface area contributed by atoms with Gasteiger partial charge in [-0.3, -0.25) is 9.59 Å². The highest BCUT2D eigenvalue weighted by Gasteiger charge is 2.44. The summed E-state index contributed by atoms with van der Waals surface area (Å²) in [6.07, 6.45) is 2.50. The molecule has 3 N–H and O–H groups in total. The number of carboxylic acid groups (broad SMARTS) is 1. The number of carbonyl (C=O) groups is 2. The lowest BCUT2D eigenvalue weighted by atomic mass is 9.84. The van der Waals surface area contributed by atoms with Crippen molar-refractivity contribution in [3.8, 4) is 0 Å². The maximum Gasteiger partial charge on any atom is 0.311 e. The Morgan fingerprint density at radius 1 is 1.40 bits per heavy atom. The molecule has 1 heterocycles. The number of amides is 1. The highest BCUT2D eigenvalue weighted by Crippen LogP contribution is 2.34. The zero-order valence-electron chi connectivity index (χ0n) is 12.9. The Balaban J connectivity index is 2.59. The molecule has 0 aromatic carbocycles. The lowest BCUT2D eigenvalue weighted by Gasteiger charge is -2.24. The Morgan fingerprint density at radius 3 is 2.45 bits per heavy atom. The SMILES string of the molecule is CCC1(C(=O)O)CCN(C(=O)CC(CN)CC(C)C)C1. The molecule has 0 aromatic heterocycles. The van der Waals surface area contributed by atoms with Crippen LogP contribution in [-0.4, -0.2) is 41.5 Å². The van der Waals surface area contributed by atoms with Crippen molar-refractivity contribution < 1.29 is 14.7 Å². The van der Waals surface area contributed by atoms with Gasteiger partial charge in [0.15, 0.2) is 0 Å². The van der Waals surface area contributed by atoms with Crippen molar-refractivity contribution in [1.29, 1.82) is 0 Å². The minimum atomic E-state index is -0.784. The van der Waals surface area contributed by atoms with Crippen molar-refractivity contribution in [1.82, 2.24) is 4.90 Å². The molecule has 1 saturated heterocycles. The van der Waals surface area contributed by atoms with E-state index in [1.807, 2.05) is 6.92 Å². The van der Waals surface area contributed by atoms with Crippen LogP contribution in [0.4, 0.5) is 0 Å². The molecule has 2 unspecified atom stereocenters. The lowest BCUT2D eigenvalue weighted by molar-refractivity contribution is -0.148. The summed E-state index contributed by atoms with van der Waals surface area (Å²) in [4.78, 5) is 25.4. The molecule has 1 aliphatic rings. The average Bonchev–Trinajstić information content (AvgIpc) is 2.83. The minimum absolute atomic E-state index is 0.0534. The number of carbonyl (C=O) groups excluding carboxylic acids is 1. The first kappa shape index (κ1) is 17.0. The maximum absolute atomic E-state index is 12.3. The summed E-state index contributed by atoms with van der Waals surface area (Å²) in [6, 6.07) is 0. The molecule has 5 heteroatoms. The number of aliphatic carboxylic acids is 1. The zero-order valence-corrected chi connectivity index (χ0v) is 12.9. The Labute approximate surface area is 121 Å². The van der Waals surface area contributed by atoms with E-state index in [0.717, 1.165) is 6.42 Å². The van der Waals surface area contributed by atoms with Crippen LogP contribution >= 0.6 is 0 Å². The van der Waals surface area contributed by atoms with Gasteiger partial charge in [-0.1, -0.05) is 20.8 Å². The van der Waals surface area contributed by atoms with Crippen LogP contribution in [0.5, 0.6) is 0 Å². The van der Waals surface area contributed by atoms with Gasteiger partial charge in [0.05, 0.1) is 5.41 Å². The molecule has 1 amide bonds. The molecule has 1 aliphatic heterocycles. The van der Waals surface area contributed by atoms with E-state index < -0.39 is 11.4 Å². The van der Waals surface area contributed by atoms with Crippen LogP contribution in [-0.2, 0) is 9.59 Å². The van der Waals surface area contributed by atoms with E-state index in [0.29, 0.717) is 44.8 Å². The summed E-state index contributed by atoms with van der Waals surface area (Å²) in [5.41, 5.74) is 4.99. The van der Waals surface area contributed by atoms with Gasteiger partial charge < -0.3 is 15.7 Å². The summed E-state index contributed by atoms with van der Waals surface area (Å²) in [6.45, 7) is 7.53. The number of carboxylic acids is 1. The first-order valence-electron chi connectivity index (χ1n) is 7.56. The van der Waals surface area contributed by atoms with E-state index in [1.54, 1.807) is 4.90 Å². The van der Waals surface area contributed by atoms with Crippen LogP contribution in [0.2, 0.25) is 0 Å². The van der Waals surface area contributed by atoms with Crippen LogP contribution in [0.3, 0.4) is 0 Å². The van der Waals surface area contributed by atoms with Crippen LogP contribution in [0.1, 0.15) is 46.5 Å². The third kappa shape index (κ3) is 3.95. The molecular formula is C15H28N2O3. The van der Waals surface area contributed by atoms with Crippen molar-refractivity contribution in [2.75, 3.05) is 19.6 Å². The predicted octanol–water partition coefficient (Wildman–Crippen LogP) is 1.71. The zero-order chi connectivity index (χ0) is 15.3. The van der Waals surface area contributed by atoms with Crippen LogP contribution < -0.4 is 5.73 Å². The first-order valence-corrected chi connectivity index (χ1v) is 7.56. The second kappa shape index (κ2) is 7.07. The van der Waals surface area contributed by atoms with Gasteiger partial charge in [-0.15, -0.1) is 0 Å². The third-order valence-corrected chi connectivity index (χ3v) is 4.44. The fraction of sp³-hybridized carbons (Fsp3) is 0.867. The van der Waals surface area contributed by atoms with Crippen molar-refractivity contribution in [3.63, 3.8) is 0 Å². The van der Waals surface area contributed by atoms with E-state index in [2.05, 4.69) is 13.8 Å². The fourth-order valence-electron chi connectivity index (χ4n) is 3.01. The number of hydrogen-bond donors (Lipinski definition) is 2. The van der Waals surface area contributed by atoms with Gasteiger partial charge in [0.1, 0.15) is 0 Å². The normalized spacial score (nSPS) is 24.1. The van der Waals surface area contributed by atoms with Crippen molar-refractivity contribution in [3.05, 3.63) is 0 Å². The van der Waals surface area contributed by atoms with E-state index in [4.69, 9.17) is 5.73 Å². The Hall–Kier alpha value is -1.10. The molecule has 0 bridgehead atoms. The first-order chi connectivity index (χ1) is 9.34. The summed E-state index contributed by atoms with van der Waals surface area (Å²) in [5.74, 6) is -0.0156. The fourth-order valence-corrected chi connectivity index (χ4v) is 3.01. The smallest absolute Gasteiger partial charge is 0.311 e. The lowest BCUT2D eigenvalue weighted by Crippen LogP contribution is -2.37. The number of nitrogens with two attached hydrogens (primary N) is 1. The maximum atomic E-state index is 12.3. The van der Waals surface area contributed by atoms with Gasteiger partial charge in [-0.25, -0.2) is 0 Å². The van der Waals surface area contributed by atoms with Crippen LogP contribution in [0.25, 0.3) is 0 Å². The highest BCUT2D eigenvalue weighted by molar-refractivity contribution is 5.80. The third-order valence-electron chi connectivity index (χ3n) is 4.44. The summed E-state index contributed by atoms with van der Waals surface area (Å²) >= 11 is 0. The molecule has 0 aliphatic carbocycles. The molecule has 0 radical (unpaired) electrons. The molecule has 116 valence electrons. The largest absolute Gasteiger partial charge is 0.481 e. The van der Waals surface area contributed by atoms with Gasteiger partial charge in [-0.2, -0.15) is 0 Å². The molecule has 20 heavy (non-hydrogen) atoms. The molecule has 0 aromatic rings. The minimum Gasteiger partial charge on any atom is -0.481 e. The molecule has 1 rings (SSSR count). The molecule has 2 atom stereocenters. The van der Waals surface area contributed by atoms with E-state index in [1.165, 1.54) is 0 Å². The summed E-state index contributed by atoms with van der Waals surface area (Å²) in [7, 11) is 0. The Morgan fingerprint density at radius 2 is 2.05 bits per heavy atom. The van der Waals surface area contributed by atoms with Crippen molar-refractivity contribution in [2.45, 2.75) is 46.5 Å². The quantitative estimate of drug-likeness (QED) is 0.745. The standard InChI is InChI=1S/C15H28N2O3/c1-4-15(14(19)20)5-6-17(10-15)13(18)8-12(9-16)7-11(2)3/h11-12H,4-10,16H2,1-3H3,(H,19,20). The number of likely N-dealkylation sites (tertiary alicyclic amines) is 1. The monoisotopic (exact) mass is 284 g/mol. The summed E-state index contributed by atoms with van der Waals surface area (Å²) < 4.78 is 0. The number of hydrogen-bond acceptors (Lipinski definition) is 3. The Bertz CT molecular complexity index is 357. The molecule has 5 nitrogen and oxygen atoms in total. The van der Waals surface area contributed by atoms with Gasteiger partial charge in [0.2, 0.25) is 5.91 Å². The topological polar surface area (TPSA) is 83.6 Å². The van der Waals surface area contributed by atoms with E-state index >= 15 is 0 Å². The van der Waals surface area contributed by atoms with Crippen molar-refractivity contribution in [2.24, 2.45) is 23.0 Å². The predicted molar refractivity (Wildman–Crippen MR) is 78.2 cm³/mol. The summed E-state index contributed by atoms with van der Waals surface area (Å²) in [5, 5.41) is 9.35. The van der Waals surface area contributed by atoms with Gasteiger partial charge in [-0.05, 0) is 37.6 Å². The molecule has 0 saturated carbocycles. The molecular weight excluding hydrogens is 256 g/mol. The number of nitrogens with zero attached hydrogens (tertiary/aromatic N) is 1. The molecule has 1 fully saturated rings. The second-order valence-electron chi connectivity index (χ2n) is 6.44. The van der Waals surface area contributed by atoms with Gasteiger partial charge >= 0.3 is 5.97 Å². The van der Waals surface area contributed by atoms with E-state index in [9.17, 15) is 14.7 Å². The number of rotatable bonds is 7. The molecule has 0 spiro atoms.